The number of carbonyl (C=O) groups is 2. The SMILES string of the molecule is CCOC(=O)C(C)(C)CC(Br)C(=O)OCC1OC2OC(C)(C)OC2C2OC(C)(C)OC12. The maximum Gasteiger partial charge on any atom is 0.319 e. The fraction of sp³-hybridized carbons (Fsp3) is 0.905. The van der Waals surface area contributed by atoms with E-state index in [0.29, 0.717) is 0 Å². The molecule has 31 heavy (non-hydrogen) atoms. The smallest absolute Gasteiger partial charge is 0.319 e. The zero-order valence-electron chi connectivity index (χ0n) is 19.1. The van der Waals surface area contributed by atoms with Crippen LogP contribution in [0.15, 0.2) is 0 Å². The van der Waals surface area contributed by atoms with Gasteiger partial charge in [0.15, 0.2) is 17.9 Å². The van der Waals surface area contributed by atoms with Gasteiger partial charge in [-0.2, -0.15) is 0 Å². The third-order valence-electron chi connectivity index (χ3n) is 5.41. The summed E-state index contributed by atoms with van der Waals surface area (Å²) in [4.78, 5) is 24.0. The average Bonchev–Trinajstić information content (AvgIpc) is 3.13. The molecule has 0 bridgehead atoms. The quantitative estimate of drug-likeness (QED) is 0.379. The van der Waals surface area contributed by atoms with E-state index in [2.05, 4.69) is 15.9 Å². The molecule has 6 atom stereocenters. The monoisotopic (exact) mass is 508 g/mol. The summed E-state index contributed by atoms with van der Waals surface area (Å²) >= 11 is 3.33. The molecule has 3 aliphatic rings. The number of fused-ring (bicyclic) bond motifs is 3. The lowest BCUT2D eigenvalue weighted by Gasteiger charge is -2.37. The minimum atomic E-state index is -0.837. The van der Waals surface area contributed by atoms with E-state index in [1.54, 1.807) is 34.6 Å². The van der Waals surface area contributed by atoms with Crippen LogP contribution in [-0.4, -0.2) is 72.3 Å². The van der Waals surface area contributed by atoms with Crippen molar-refractivity contribution >= 4 is 27.9 Å². The molecular formula is C21H33BrO9. The topological polar surface area (TPSA) is 98.8 Å². The largest absolute Gasteiger partial charge is 0.466 e. The number of hydrogen-bond donors (Lipinski definition) is 0. The molecule has 9 nitrogen and oxygen atoms in total. The molecule has 3 rings (SSSR count). The summed E-state index contributed by atoms with van der Waals surface area (Å²) in [5.74, 6) is -2.51. The molecule has 3 fully saturated rings. The second kappa shape index (κ2) is 8.87. The van der Waals surface area contributed by atoms with Gasteiger partial charge in [-0.15, -0.1) is 0 Å². The molecule has 3 aliphatic heterocycles. The van der Waals surface area contributed by atoms with E-state index in [4.69, 9.17) is 33.2 Å². The Labute approximate surface area is 191 Å². The van der Waals surface area contributed by atoms with Crippen molar-refractivity contribution in [2.75, 3.05) is 13.2 Å². The lowest BCUT2D eigenvalue weighted by atomic mass is 9.88. The van der Waals surface area contributed by atoms with Gasteiger partial charge in [-0.25, -0.2) is 0 Å². The van der Waals surface area contributed by atoms with Crippen LogP contribution in [0.3, 0.4) is 0 Å². The van der Waals surface area contributed by atoms with Crippen molar-refractivity contribution in [3.63, 3.8) is 0 Å². The minimum Gasteiger partial charge on any atom is -0.466 e. The molecule has 3 saturated heterocycles. The molecule has 0 spiro atoms. The summed E-state index contributed by atoms with van der Waals surface area (Å²) in [6.45, 7) is 12.7. The van der Waals surface area contributed by atoms with Crippen LogP contribution >= 0.6 is 15.9 Å². The van der Waals surface area contributed by atoms with Gasteiger partial charge >= 0.3 is 11.9 Å². The van der Waals surface area contributed by atoms with Crippen molar-refractivity contribution in [1.29, 1.82) is 0 Å². The second-order valence-electron chi connectivity index (χ2n) is 9.61. The molecule has 3 heterocycles. The van der Waals surface area contributed by atoms with Gasteiger partial charge in [0, 0.05) is 0 Å². The first-order valence-electron chi connectivity index (χ1n) is 10.6. The van der Waals surface area contributed by atoms with E-state index in [1.807, 2.05) is 13.8 Å². The van der Waals surface area contributed by atoms with E-state index < -0.39 is 58.5 Å². The van der Waals surface area contributed by atoms with Crippen LogP contribution in [-0.2, 0) is 42.7 Å². The number of carbonyl (C=O) groups excluding carboxylic acids is 2. The van der Waals surface area contributed by atoms with E-state index in [1.165, 1.54) is 0 Å². The number of ether oxygens (including phenoxy) is 7. The average molecular weight is 509 g/mol. The highest BCUT2D eigenvalue weighted by molar-refractivity contribution is 9.10. The highest BCUT2D eigenvalue weighted by atomic mass is 79.9. The van der Waals surface area contributed by atoms with Crippen LogP contribution in [0.1, 0.15) is 54.9 Å². The number of rotatable bonds is 7. The molecule has 0 aromatic carbocycles. The fourth-order valence-corrected chi connectivity index (χ4v) is 4.96. The Hall–Kier alpha value is -0.780. The van der Waals surface area contributed by atoms with Crippen molar-refractivity contribution in [2.45, 2.75) is 102 Å². The number of alkyl halides is 1. The molecule has 0 amide bonds. The van der Waals surface area contributed by atoms with Gasteiger partial charge in [0.1, 0.15) is 35.8 Å². The third-order valence-corrected chi connectivity index (χ3v) is 6.11. The van der Waals surface area contributed by atoms with Gasteiger partial charge in [0.25, 0.3) is 0 Å². The van der Waals surface area contributed by atoms with Gasteiger partial charge in [0.05, 0.1) is 12.0 Å². The number of halogens is 1. The second-order valence-corrected chi connectivity index (χ2v) is 10.7. The van der Waals surface area contributed by atoms with Gasteiger partial charge in [-0.3, -0.25) is 9.59 Å². The van der Waals surface area contributed by atoms with Gasteiger partial charge < -0.3 is 33.2 Å². The van der Waals surface area contributed by atoms with Crippen LogP contribution in [0.2, 0.25) is 0 Å². The standard InChI is InChI=1S/C21H33BrO9/c1-8-25-18(24)19(2,3)9-11(22)16(23)26-10-12-13-14(29-20(4,5)28-13)15-17(27-12)31-21(6,7)30-15/h11-15,17H,8-10H2,1-7H3. The molecule has 6 unspecified atom stereocenters. The summed E-state index contributed by atoms with van der Waals surface area (Å²) in [6, 6.07) is 0. The lowest BCUT2D eigenvalue weighted by molar-refractivity contribution is -0.242. The Morgan fingerprint density at radius 2 is 1.55 bits per heavy atom. The predicted molar refractivity (Wildman–Crippen MR) is 111 cm³/mol. The molecule has 0 radical (unpaired) electrons. The van der Waals surface area contributed by atoms with Crippen LogP contribution in [0.25, 0.3) is 0 Å². The maximum atomic E-state index is 12.6. The summed E-state index contributed by atoms with van der Waals surface area (Å²) in [7, 11) is 0. The highest BCUT2D eigenvalue weighted by Gasteiger charge is 2.60. The van der Waals surface area contributed by atoms with Gasteiger partial charge in [-0.05, 0) is 54.9 Å². The molecule has 0 N–H and O–H groups in total. The minimum absolute atomic E-state index is 0.0472. The van der Waals surface area contributed by atoms with Crippen LogP contribution in [0.4, 0.5) is 0 Å². The fourth-order valence-electron chi connectivity index (χ4n) is 4.02. The Morgan fingerprint density at radius 3 is 2.19 bits per heavy atom. The summed E-state index contributed by atoms with van der Waals surface area (Å²) in [6.07, 6.45) is -2.35. The van der Waals surface area contributed by atoms with E-state index >= 15 is 0 Å². The molecule has 0 aromatic heterocycles. The van der Waals surface area contributed by atoms with Crippen molar-refractivity contribution in [3.05, 3.63) is 0 Å². The molecule has 0 saturated carbocycles. The van der Waals surface area contributed by atoms with Gasteiger partial charge in [-0.1, -0.05) is 15.9 Å². The first-order valence-corrected chi connectivity index (χ1v) is 11.5. The molecule has 0 aliphatic carbocycles. The number of esters is 2. The zero-order chi connectivity index (χ0) is 23.2. The van der Waals surface area contributed by atoms with E-state index in [0.717, 1.165) is 0 Å². The molecule has 178 valence electrons. The Kier molecular flexibility index (Phi) is 7.11. The normalized spacial score (nSPS) is 34.5. The Morgan fingerprint density at radius 1 is 0.968 bits per heavy atom. The van der Waals surface area contributed by atoms with Crippen LogP contribution in [0, 0.1) is 5.41 Å². The highest BCUT2D eigenvalue weighted by Crippen LogP contribution is 2.44. The van der Waals surface area contributed by atoms with Gasteiger partial charge in [0.2, 0.25) is 0 Å². The lowest BCUT2D eigenvalue weighted by Crippen LogP contribution is -2.56. The maximum absolute atomic E-state index is 12.6. The van der Waals surface area contributed by atoms with Crippen molar-refractivity contribution in [1.82, 2.24) is 0 Å². The zero-order valence-corrected chi connectivity index (χ0v) is 20.7. The summed E-state index contributed by atoms with van der Waals surface area (Å²) in [5.41, 5.74) is -0.837. The summed E-state index contributed by atoms with van der Waals surface area (Å²) < 4.78 is 40.5. The van der Waals surface area contributed by atoms with Crippen LogP contribution < -0.4 is 0 Å². The first-order chi connectivity index (χ1) is 14.2. The number of hydrogen-bond acceptors (Lipinski definition) is 9. The molecule has 10 heteroatoms. The third kappa shape index (κ3) is 5.59. The van der Waals surface area contributed by atoms with Crippen molar-refractivity contribution in [3.8, 4) is 0 Å². The molecular weight excluding hydrogens is 476 g/mol. The predicted octanol–water partition coefficient (Wildman–Crippen LogP) is 2.67. The van der Waals surface area contributed by atoms with Crippen molar-refractivity contribution in [2.24, 2.45) is 5.41 Å². The summed E-state index contributed by atoms with van der Waals surface area (Å²) in [5, 5.41) is 0. The van der Waals surface area contributed by atoms with E-state index in [-0.39, 0.29) is 25.6 Å². The Balaban J connectivity index is 1.61. The Bertz CT molecular complexity index is 692. The molecule has 0 aromatic rings. The first kappa shape index (κ1) is 24.9. The van der Waals surface area contributed by atoms with E-state index in [9.17, 15) is 9.59 Å². The van der Waals surface area contributed by atoms with Crippen molar-refractivity contribution < 1.29 is 42.7 Å². The van der Waals surface area contributed by atoms with Crippen LogP contribution in [0.5, 0.6) is 0 Å².